The lowest BCUT2D eigenvalue weighted by Crippen LogP contribution is -2.28. The average Bonchev–Trinajstić information content (AvgIpc) is 2.82. The number of phenols is 1. The van der Waals surface area contributed by atoms with Crippen molar-refractivity contribution in [2.45, 2.75) is 37.5 Å². The number of sulfonamides is 1. The standard InChI is InChI=1S/C13H19NO3S/c1-10(2)11-6-5-7-12(13(11)15)18(16,17)14-8-3-4-9-14/h5-7,10,15H,3-4,8-9H2,1-2H3. The van der Waals surface area contributed by atoms with Crippen LogP contribution in [0.3, 0.4) is 0 Å². The second-order valence-electron chi connectivity index (χ2n) is 4.96. The molecule has 1 aliphatic rings. The van der Waals surface area contributed by atoms with Gasteiger partial charge in [-0.2, -0.15) is 4.31 Å². The summed E-state index contributed by atoms with van der Waals surface area (Å²) < 4.78 is 26.2. The Kier molecular flexibility index (Phi) is 3.64. The summed E-state index contributed by atoms with van der Waals surface area (Å²) in [5.74, 6) is -0.00173. The van der Waals surface area contributed by atoms with Crippen molar-refractivity contribution in [2.75, 3.05) is 13.1 Å². The lowest BCUT2D eigenvalue weighted by molar-refractivity contribution is 0.436. The first kappa shape index (κ1) is 13.4. The quantitative estimate of drug-likeness (QED) is 0.916. The predicted octanol–water partition coefficient (Wildman–Crippen LogP) is 2.30. The van der Waals surface area contributed by atoms with Crippen molar-refractivity contribution < 1.29 is 13.5 Å². The fourth-order valence-corrected chi connectivity index (χ4v) is 3.91. The minimum absolute atomic E-state index is 0.0376. The third kappa shape index (κ3) is 2.24. The van der Waals surface area contributed by atoms with Gasteiger partial charge in [-0.15, -0.1) is 0 Å². The molecule has 1 N–H and O–H groups in total. The molecule has 1 aromatic carbocycles. The average molecular weight is 269 g/mol. The lowest BCUT2D eigenvalue weighted by atomic mass is 10.0. The zero-order chi connectivity index (χ0) is 13.3. The van der Waals surface area contributed by atoms with Gasteiger partial charge in [-0.05, 0) is 30.4 Å². The summed E-state index contributed by atoms with van der Waals surface area (Å²) in [6, 6.07) is 4.94. The normalized spacial score (nSPS) is 17.5. The van der Waals surface area contributed by atoms with Crippen LogP contribution in [0, 0.1) is 0 Å². The molecule has 0 aromatic heterocycles. The fourth-order valence-electron chi connectivity index (χ4n) is 2.28. The van der Waals surface area contributed by atoms with Crippen LogP contribution in [0.2, 0.25) is 0 Å². The van der Waals surface area contributed by atoms with Gasteiger partial charge in [-0.3, -0.25) is 0 Å². The Morgan fingerprint density at radius 3 is 2.39 bits per heavy atom. The molecule has 1 saturated heterocycles. The van der Waals surface area contributed by atoms with E-state index in [0.717, 1.165) is 12.8 Å². The van der Waals surface area contributed by atoms with Gasteiger partial charge in [-0.1, -0.05) is 26.0 Å². The maximum atomic E-state index is 12.4. The topological polar surface area (TPSA) is 57.6 Å². The fraction of sp³-hybridized carbons (Fsp3) is 0.538. The second-order valence-corrected chi connectivity index (χ2v) is 6.87. The van der Waals surface area contributed by atoms with Gasteiger partial charge in [0, 0.05) is 13.1 Å². The minimum atomic E-state index is -3.54. The maximum Gasteiger partial charge on any atom is 0.246 e. The van der Waals surface area contributed by atoms with E-state index in [4.69, 9.17) is 0 Å². The predicted molar refractivity (Wildman–Crippen MR) is 70.2 cm³/mol. The molecule has 18 heavy (non-hydrogen) atoms. The molecule has 4 nitrogen and oxygen atoms in total. The number of aromatic hydroxyl groups is 1. The summed E-state index contributed by atoms with van der Waals surface area (Å²) in [4.78, 5) is 0.0376. The number of rotatable bonds is 3. The molecule has 0 unspecified atom stereocenters. The van der Waals surface area contributed by atoms with Gasteiger partial charge in [-0.25, -0.2) is 8.42 Å². The van der Waals surface area contributed by atoms with Crippen molar-refractivity contribution in [2.24, 2.45) is 0 Å². The smallest absolute Gasteiger partial charge is 0.246 e. The molecule has 0 radical (unpaired) electrons. The third-order valence-corrected chi connectivity index (χ3v) is 5.27. The van der Waals surface area contributed by atoms with Crippen LogP contribution >= 0.6 is 0 Å². The summed E-state index contributed by atoms with van der Waals surface area (Å²) in [6.07, 6.45) is 1.79. The van der Waals surface area contributed by atoms with Gasteiger partial charge in [0.1, 0.15) is 10.6 Å². The van der Waals surface area contributed by atoms with E-state index in [-0.39, 0.29) is 16.6 Å². The number of para-hydroxylation sites is 1. The van der Waals surface area contributed by atoms with E-state index in [0.29, 0.717) is 18.7 Å². The molecular weight excluding hydrogens is 250 g/mol. The number of benzene rings is 1. The summed E-state index contributed by atoms with van der Waals surface area (Å²) in [7, 11) is -3.54. The van der Waals surface area contributed by atoms with Crippen molar-refractivity contribution in [3.05, 3.63) is 23.8 Å². The molecule has 100 valence electrons. The van der Waals surface area contributed by atoms with Gasteiger partial charge < -0.3 is 5.11 Å². The first-order chi connectivity index (χ1) is 8.44. The van der Waals surface area contributed by atoms with Crippen LogP contribution in [-0.2, 0) is 10.0 Å². The van der Waals surface area contributed by atoms with Gasteiger partial charge in [0.15, 0.2) is 0 Å². The molecule has 0 atom stereocenters. The molecule has 0 spiro atoms. The van der Waals surface area contributed by atoms with E-state index >= 15 is 0 Å². The summed E-state index contributed by atoms with van der Waals surface area (Å²) in [5.41, 5.74) is 0.676. The molecule has 1 aromatic rings. The van der Waals surface area contributed by atoms with Crippen molar-refractivity contribution in [3.63, 3.8) is 0 Å². The Hall–Kier alpha value is -1.07. The van der Waals surface area contributed by atoms with Crippen LogP contribution in [0.25, 0.3) is 0 Å². The van der Waals surface area contributed by atoms with Crippen molar-refractivity contribution in [1.82, 2.24) is 4.31 Å². The van der Waals surface area contributed by atoms with Crippen LogP contribution in [0.4, 0.5) is 0 Å². The van der Waals surface area contributed by atoms with Crippen LogP contribution in [0.5, 0.6) is 5.75 Å². The highest BCUT2D eigenvalue weighted by Gasteiger charge is 2.30. The van der Waals surface area contributed by atoms with Crippen molar-refractivity contribution >= 4 is 10.0 Å². The van der Waals surface area contributed by atoms with E-state index in [1.165, 1.54) is 10.4 Å². The zero-order valence-corrected chi connectivity index (χ0v) is 11.6. The van der Waals surface area contributed by atoms with Gasteiger partial charge in [0.05, 0.1) is 0 Å². The maximum absolute atomic E-state index is 12.4. The Balaban J connectivity index is 2.48. The lowest BCUT2D eigenvalue weighted by Gasteiger charge is -2.18. The molecule has 1 heterocycles. The Morgan fingerprint density at radius 2 is 1.83 bits per heavy atom. The van der Waals surface area contributed by atoms with Crippen LogP contribution in [0.15, 0.2) is 23.1 Å². The molecule has 0 saturated carbocycles. The number of phenolic OH excluding ortho intramolecular Hbond substituents is 1. The Bertz CT molecular complexity index is 531. The summed E-state index contributed by atoms with van der Waals surface area (Å²) in [6.45, 7) is 4.96. The molecule has 2 rings (SSSR count). The SMILES string of the molecule is CC(C)c1cccc(S(=O)(=O)N2CCCC2)c1O. The first-order valence-corrected chi connectivity index (χ1v) is 7.70. The molecule has 1 fully saturated rings. The van der Waals surface area contributed by atoms with Crippen LogP contribution in [0.1, 0.15) is 38.2 Å². The largest absolute Gasteiger partial charge is 0.506 e. The van der Waals surface area contributed by atoms with E-state index in [2.05, 4.69) is 0 Å². The summed E-state index contributed by atoms with van der Waals surface area (Å²) >= 11 is 0. The van der Waals surface area contributed by atoms with Gasteiger partial charge in [0.25, 0.3) is 0 Å². The molecule has 1 aliphatic heterocycles. The minimum Gasteiger partial charge on any atom is -0.506 e. The van der Waals surface area contributed by atoms with Gasteiger partial charge >= 0.3 is 0 Å². The van der Waals surface area contributed by atoms with Crippen LogP contribution < -0.4 is 0 Å². The van der Waals surface area contributed by atoms with E-state index in [1.54, 1.807) is 12.1 Å². The Labute approximate surface area is 108 Å². The Morgan fingerprint density at radius 1 is 1.22 bits per heavy atom. The first-order valence-electron chi connectivity index (χ1n) is 6.26. The number of nitrogens with zero attached hydrogens (tertiary/aromatic N) is 1. The number of hydrogen-bond donors (Lipinski definition) is 1. The van der Waals surface area contributed by atoms with Crippen molar-refractivity contribution in [3.8, 4) is 5.75 Å². The molecule has 0 amide bonds. The monoisotopic (exact) mass is 269 g/mol. The van der Waals surface area contributed by atoms with E-state index in [1.807, 2.05) is 13.8 Å². The van der Waals surface area contributed by atoms with E-state index < -0.39 is 10.0 Å². The molecule has 0 bridgehead atoms. The van der Waals surface area contributed by atoms with Gasteiger partial charge in [0.2, 0.25) is 10.0 Å². The van der Waals surface area contributed by atoms with Crippen LogP contribution in [-0.4, -0.2) is 30.9 Å². The van der Waals surface area contributed by atoms with Crippen molar-refractivity contribution in [1.29, 1.82) is 0 Å². The highest BCUT2D eigenvalue weighted by molar-refractivity contribution is 7.89. The highest BCUT2D eigenvalue weighted by Crippen LogP contribution is 2.34. The number of hydrogen-bond acceptors (Lipinski definition) is 3. The molecular formula is C13H19NO3S. The zero-order valence-electron chi connectivity index (χ0n) is 10.8. The molecule has 5 heteroatoms. The van der Waals surface area contributed by atoms with E-state index in [9.17, 15) is 13.5 Å². The highest BCUT2D eigenvalue weighted by atomic mass is 32.2. The third-order valence-electron chi connectivity index (χ3n) is 3.34. The summed E-state index contributed by atoms with van der Waals surface area (Å²) in [5, 5.41) is 10.1. The second kappa shape index (κ2) is 4.90. The molecule has 0 aliphatic carbocycles.